The molecular formula is C20H16FN3O3S. The van der Waals surface area contributed by atoms with Crippen molar-refractivity contribution in [2.24, 2.45) is 0 Å². The first kappa shape index (κ1) is 18.0. The third-order valence-corrected chi connectivity index (χ3v) is 5.95. The second-order valence-electron chi connectivity index (χ2n) is 6.27. The Balaban J connectivity index is 1.79. The first-order chi connectivity index (χ1) is 13.4. The third-order valence-electron chi connectivity index (χ3n) is 4.27. The molecule has 2 aromatic heterocycles. The van der Waals surface area contributed by atoms with Gasteiger partial charge in [-0.15, -0.1) is 0 Å². The van der Waals surface area contributed by atoms with Gasteiger partial charge in [-0.05, 0) is 43.3 Å². The molecule has 4 rings (SSSR count). The van der Waals surface area contributed by atoms with E-state index in [9.17, 15) is 12.8 Å². The smallest absolute Gasteiger partial charge is 0.269 e. The molecule has 0 fully saturated rings. The van der Waals surface area contributed by atoms with Crippen molar-refractivity contribution < 1.29 is 17.5 Å². The van der Waals surface area contributed by atoms with E-state index in [2.05, 4.69) is 4.98 Å². The van der Waals surface area contributed by atoms with Gasteiger partial charge in [-0.25, -0.2) is 21.8 Å². The molecule has 2 aromatic carbocycles. The lowest BCUT2D eigenvalue weighted by atomic mass is 10.2. The van der Waals surface area contributed by atoms with Crippen LogP contribution in [-0.4, -0.2) is 17.4 Å². The second-order valence-corrected chi connectivity index (χ2v) is 8.08. The zero-order valence-corrected chi connectivity index (χ0v) is 15.7. The number of hydrogen-bond donors (Lipinski definition) is 1. The van der Waals surface area contributed by atoms with Crippen molar-refractivity contribution in [2.75, 3.05) is 5.73 Å². The van der Waals surface area contributed by atoms with Crippen LogP contribution in [0, 0.1) is 12.7 Å². The lowest BCUT2D eigenvalue weighted by Gasteiger charge is -2.10. The third kappa shape index (κ3) is 3.07. The van der Waals surface area contributed by atoms with Crippen molar-refractivity contribution >= 4 is 26.7 Å². The Morgan fingerprint density at radius 1 is 1.04 bits per heavy atom. The van der Waals surface area contributed by atoms with Crippen LogP contribution in [0.1, 0.15) is 5.56 Å². The highest BCUT2D eigenvalue weighted by atomic mass is 32.2. The maximum atomic E-state index is 14.1. The van der Waals surface area contributed by atoms with Crippen LogP contribution in [0.4, 0.5) is 10.1 Å². The Hall–Kier alpha value is -3.39. The molecule has 0 atom stereocenters. The zero-order valence-electron chi connectivity index (χ0n) is 14.8. The molecule has 28 heavy (non-hydrogen) atoms. The van der Waals surface area contributed by atoms with Crippen LogP contribution < -0.4 is 10.5 Å². The number of hydrogen-bond acceptors (Lipinski definition) is 5. The molecule has 0 aliphatic carbocycles. The lowest BCUT2D eigenvalue weighted by Crippen LogP contribution is -2.12. The molecule has 2 N–H and O–H groups in total. The van der Waals surface area contributed by atoms with Gasteiger partial charge in [-0.3, -0.25) is 0 Å². The van der Waals surface area contributed by atoms with Crippen molar-refractivity contribution in [2.45, 2.75) is 11.8 Å². The lowest BCUT2D eigenvalue weighted by molar-refractivity contribution is 0.446. The van der Waals surface area contributed by atoms with E-state index >= 15 is 0 Å². The zero-order chi connectivity index (χ0) is 19.9. The number of aromatic nitrogens is 2. The first-order valence-corrected chi connectivity index (χ1v) is 9.81. The number of pyridine rings is 1. The van der Waals surface area contributed by atoms with Crippen LogP contribution in [0.5, 0.6) is 11.5 Å². The maximum absolute atomic E-state index is 14.1. The summed E-state index contributed by atoms with van der Waals surface area (Å²) in [5, 5.41) is 0.439. The van der Waals surface area contributed by atoms with Gasteiger partial charge < -0.3 is 10.5 Å². The molecule has 8 heteroatoms. The van der Waals surface area contributed by atoms with Crippen molar-refractivity contribution in [1.82, 2.24) is 8.96 Å². The number of nitrogens with zero attached hydrogens (tertiary/aromatic N) is 2. The van der Waals surface area contributed by atoms with E-state index in [0.29, 0.717) is 5.39 Å². The summed E-state index contributed by atoms with van der Waals surface area (Å²) < 4.78 is 46.8. The largest absolute Gasteiger partial charge is 0.453 e. The predicted molar refractivity (Wildman–Crippen MR) is 104 cm³/mol. The fourth-order valence-electron chi connectivity index (χ4n) is 2.82. The number of anilines is 1. The average molecular weight is 397 g/mol. The van der Waals surface area contributed by atoms with Gasteiger partial charge in [0.1, 0.15) is 5.75 Å². The molecule has 0 aliphatic heterocycles. The van der Waals surface area contributed by atoms with E-state index < -0.39 is 15.8 Å². The van der Waals surface area contributed by atoms with E-state index in [1.54, 1.807) is 36.4 Å². The van der Waals surface area contributed by atoms with E-state index in [1.807, 2.05) is 6.92 Å². The van der Waals surface area contributed by atoms with E-state index in [0.717, 1.165) is 15.6 Å². The van der Waals surface area contributed by atoms with E-state index in [1.165, 1.54) is 24.5 Å². The summed E-state index contributed by atoms with van der Waals surface area (Å²) in [5.74, 6) is -0.348. The molecule has 6 nitrogen and oxygen atoms in total. The summed E-state index contributed by atoms with van der Waals surface area (Å²) in [6.45, 7) is 1.88. The highest BCUT2D eigenvalue weighted by Crippen LogP contribution is 2.32. The SMILES string of the molecule is Cc1ccc(S(=O)(=O)n2ccc3c(Oc4ccc(N)cc4F)ccnc32)cc1. The number of ether oxygens (including phenoxy) is 1. The summed E-state index contributed by atoms with van der Waals surface area (Å²) in [6, 6.07) is 13.7. The molecule has 0 radical (unpaired) electrons. The molecule has 0 aliphatic rings. The van der Waals surface area contributed by atoms with Crippen LogP contribution in [0.15, 0.2) is 71.9 Å². The summed E-state index contributed by atoms with van der Waals surface area (Å²) in [7, 11) is -3.83. The standard InChI is InChI=1S/C20H16FN3O3S/c1-13-2-5-15(6-3-13)28(25,26)24-11-9-16-18(8-10-23-20(16)24)27-19-7-4-14(22)12-17(19)21/h2-12H,22H2,1H3. The van der Waals surface area contributed by atoms with E-state index in [4.69, 9.17) is 10.5 Å². The summed E-state index contributed by atoms with van der Waals surface area (Å²) in [6.07, 6.45) is 2.81. The fraction of sp³-hybridized carbons (Fsp3) is 0.0500. The minimum absolute atomic E-state index is 0.0177. The summed E-state index contributed by atoms with van der Waals surface area (Å²) in [4.78, 5) is 4.33. The van der Waals surface area contributed by atoms with Gasteiger partial charge in [0.05, 0.1) is 10.3 Å². The Morgan fingerprint density at radius 2 is 1.79 bits per heavy atom. The topological polar surface area (TPSA) is 87.2 Å². The quantitative estimate of drug-likeness (QED) is 0.524. The van der Waals surface area contributed by atoms with Crippen LogP contribution >= 0.6 is 0 Å². The molecule has 0 saturated heterocycles. The van der Waals surface area contributed by atoms with Gasteiger partial charge in [-0.2, -0.15) is 0 Å². The number of aryl methyl sites for hydroxylation is 1. The maximum Gasteiger partial charge on any atom is 0.269 e. The molecule has 2 heterocycles. The molecule has 0 saturated carbocycles. The highest BCUT2D eigenvalue weighted by Gasteiger charge is 2.21. The van der Waals surface area contributed by atoms with Crippen LogP contribution in [0.25, 0.3) is 11.0 Å². The number of nitrogen functional groups attached to an aromatic ring is 1. The van der Waals surface area contributed by atoms with Gasteiger partial charge in [0.2, 0.25) is 0 Å². The number of fused-ring (bicyclic) bond motifs is 1. The highest BCUT2D eigenvalue weighted by molar-refractivity contribution is 7.90. The molecule has 142 valence electrons. The van der Waals surface area contributed by atoms with Gasteiger partial charge >= 0.3 is 0 Å². The number of halogens is 1. The van der Waals surface area contributed by atoms with Gasteiger partial charge in [0.25, 0.3) is 10.0 Å². The van der Waals surface area contributed by atoms with E-state index in [-0.39, 0.29) is 27.7 Å². The second kappa shape index (κ2) is 6.65. The Kier molecular flexibility index (Phi) is 4.27. The van der Waals surface area contributed by atoms with Crippen molar-refractivity contribution in [3.8, 4) is 11.5 Å². The minimum Gasteiger partial charge on any atom is -0.453 e. The fourth-order valence-corrected chi connectivity index (χ4v) is 4.12. The Labute approximate surface area is 161 Å². The normalized spacial score (nSPS) is 11.6. The van der Waals surface area contributed by atoms with Crippen molar-refractivity contribution in [3.63, 3.8) is 0 Å². The van der Waals surface area contributed by atoms with Crippen molar-refractivity contribution in [1.29, 1.82) is 0 Å². The van der Waals surface area contributed by atoms with Gasteiger partial charge in [0.15, 0.2) is 17.2 Å². The summed E-state index contributed by atoms with van der Waals surface area (Å²) in [5.41, 5.74) is 6.97. The molecule has 0 amide bonds. The molecule has 4 aromatic rings. The van der Waals surface area contributed by atoms with Crippen LogP contribution in [0.3, 0.4) is 0 Å². The minimum atomic E-state index is -3.83. The monoisotopic (exact) mass is 397 g/mol. The number of rotatable bonds is 4. The molecule has 0 unspecified atom stereocenters. The Morgan fingerprint density at radius 3 is 2.50 bits per heavy atom. The van der Waals surface area contributed by atoms with Crippen molar-refractivity contribution in [3.05, 3.63) is 78.4 Å². The molecule has 0 spiro atoms. The van der Waals surface area contributed by atoms with Gasteiger partial charge in [-0.1, -0.05) is 17.7 Å². The average Bonchev–Trinajstić information content (AvgIpc) is 3.10. The van der Waals surface area contributed by atoms with Crippen LogP contribution in [0.2, 0.25) is 0 Å². The first-order valence-electron chi connectivity index (χ1n) is 8.37. The summed E-state index contributed by atoms with van der Waals surface area (Å²) >= 11 is 0. The van der Waals surface area contributed by atoms with Crippen LogP contribution in [-0.2, 0) is 10.0 Å². The molecular weight excluding hydrogens is 381 g/mol. The predicted octanol–water partition coefficient (Wildman–Crippen LogP) is 4.10. The Bertz CT molecular complexity index is 1280. The molecule has 0 bridgehead atoms. The number of benzene rings is 2. The number of nitrogens with two attached hydrogens (primary N) is 1. The van der Waals surface area contributed by atoms with Gasteiger partial charge in [0, 0.05) is 24.1 Å².